The van der Waals surface area contributed by atoms with E-state index < -0.39 is 0 Å². The lowest BCUT2D eigenvalue weighted by Gasteiger charge is -2.18. The van der Waals surface area contributed by atoms with E-state index in [4.69, 9.17) is 0 Å². The van der Waals surface area contributed by atoms with Crippen LogP contribution in [0.15, 0.2) is 12.1 Å². The van der Waals surface area contributed by atoms with Crippen molar-refractivity contribution >= 4 is 15.8 Å². The Kier molecular flexibility index (Phi) is 8.64. The van der Waals surface area contributed by atoms with E-state index >= 15 is 0 Å². The average molecular weight is 332 g/mol. The van der Waals surface area contributed by atoms with Crippen LogP contribution in [0, 0.1) is 22.7 Å². The zero-order valence-corrected chi connectivity index (χ0v) is 16.0. The maximum absolute atomic E-state index is 9.49. The van der Waals surface area contributed by atoms with Crippen LogP contribution in [0.3, 0.4) is 0 Å². The third kappa shape index (κ3) is 5.06. The van der Waals surface area contributed by atoms with Crippen molar-refractivity contribution in [2.24, 2.45) is 0 Å². The minimum Gasteiger partial charge on any atom is -0.192 e. The monoisotopic (exact) mass is 332 g/mol. The van der Waals surface area contributed by atoms with Gasteiger partial charge in [-0.25, -0.2) is 0 Å². The molecule has 0 fully saturated rings. The van der Waals surface area contributed by atoms with Gasteiger partial charge in [0.1, 0.15) is 0 Å². The highest BCUT2D eigenvalue weighted by molar-refractivity contribution is 7.57. The summed E-state index contributed by atoms with van der Waals surface area (Å²) in [6.45, 7) is 8.88. The largest absolute Gasteiger partial charge is 0.192 e. The summed E-state index contributed by atoms with van der Waals surface area (Å²) in [6.07, 6.45) is 6.65. The van der Waals surface area contributed by atoms with Gasteiger partial charge in [0.2, 0.25) is 0 Å². The molecule has 118 valence electrons. The molecule has 4 heteroatoms. The quantitative estimate of drug-likeness (QED) is 0.592. The molecule has 22 heavy (non-hydrogen) atoms. The summed E-state index contributed by atoms with van der Waals surface area (Å²) in [5, 5.41) is 19.0. The molecule has 0 atom stereocenters. The SMILES string of the molecule is CCP(CC)Cc1cc(C#N)c(CP(CC)CC)cc1C#N. The lowest BCUT2D eigenvalue weighted by molar-refractivity contribution is 1.23. The van der Waals surface area contributed by atoms with Crippen molar-refractivity contribution in [1.82, 2.24) is 0 Å². The van der Waals surface area contributed by atoms with Crippen molar-refractivity contribution in [2.45, 2.75) is 40.0 Å². The standard InChI is InChI=1S/C18H26N2P2/c1-5-21(6-2)13-17-9-16(12-20)18(10-15(17)11-19)14-22(7-3)8-4/h9-10H,5-8,13-14H2,1-4H3. The average Bonchev–Trinajstić information content (AvgIpc) is 2.57. The lowest BCUT2D eigenvalue weighted by atomic mass is 10.0. The van der Waals surface area contributed by atoms with E-state index in [0.717, 1.165) is 34.6 Å². The molecule has 0 saturated heterocycles. The van der Waals surface area contributed by atoms with Gasteiger partial charge in [0.15, 0.2) is 0 Å². The van der Waals surface area contributed by atoms with Crippen LogP contribution in [0.25, 0.3) is 0 Å². The van der Waals surface area contributed by atoms with Crippen LogP contribution in [-0.4, -0.2) is 24.6 Å². The van der Waals surface area contributed by atoms with Crippen molar-refractivity contribution < 1.29 is 0 Å². The second-order valence-corrected chi connectivity index (χ2v) is 11.2. The Hall–Kier alpha value is -0.940. The van der Waals surface area contributed by atoms with E-state index in [0.29, 0.717) is 0 Å². The number of rotatable bonds is 8. The molecule has 0 saturated carbocycles. The van der Waals surface area contributed by atoms with Gasteiger partial charge in [0, 0.05) is 0 Å². The minimum atomic E-state index is -0.0608. The van der Waals surface area contributed by atoms with Crippen molar-refractivity contribution in [3.05, 3.63) is 34.4 Å². The molecule has 1 aromatic carbocycles. The molecule has 0 unspecified atom stereocenters. The molecule has 0 aliphatic carbocycles. The topological polar surface area (TPSA) is 47.6 Å². The zero-order valence-electron chi connectivity index (χ0n) is 14.2. The molecule has 2 nitrogen and oxygen atoms in total. The molecule has 0 amide bonds. The summed E-state index contributed by atoms with van der Waals surface area (Å²) in [4.78, 5) is 0. The van der Waals surface area contributed by atoms with E-state index in [2.05, 4.69) is 39.8 Å². The van der Waals surface area contributed by atoms with Crippen LogP contribution in [0.2, 0.25) is 0 Å². The molecule has 0 aliphatic rings. The normalized spacial score (nSPS) is 10.7. The number of hydrogen-bond acceptors (Lipinski definition) is 2. The Balaban J connectivity index is 3.18. The van der Waals surface area contributed by atoms with Gasteiger partial charge in [-0.05, 0) is 60.2 Å². The van der Waals surface area contributed by atoms with E-state index in [1.807, 2.05) is 12.1 Å². The first-order chi connectivity index (χ1) is 10.6. The van der Waals surface area contributed by atoms with Crippen molar-refractivity contribution in [3.8, 4) is 12.1 Å². The first kappa shape index (κ1) is 19.1. The Bertz CT molecular complexity index is 510. The van der Waals surface area contributed by atoms with Gasteiger partial charge >= 0.3 is 0 Å². The van der Waals surface area contributed by atoms with Crippen LogP contribution in [0.4, 0.5) is 0 Å². The molecule has 0 N–H and O–H groups in total. The van der Waals surface area contributed by atoms with Crippen LogP contribution in [0.5, 0.6) is 0 Å². The molecular weight excluding hydrogens is 306 g/mol. The maximum atomic E-state index is 9.49. The summed E-state index contributed by atoms with van der Waals surface area (Å²) < 4.78 is 0. The first-order valence-electron chi connectivity index (χ1n) is 8.03. The second kappa shape index (κ2) is 9.95. The molecule has 1 rings (SSSR count). The van der Waals surface area contributed by atoms with E-state index in [-0.39, 0.29) is 15.8 Å². The van der Waals surface area contributed by atoms with Gasteiger partial charge in [-0.2, -0.15) is 10.5 Å². The van der Waals surface area contributed by atoms with Crippen molar-refractivity contribution in [1.29, 1.82) is 10.5 Å². The molecule has 0 aliphatic heterocycles. The Morgan fingerprint density at radius 3 is 1.27 bits per heavy atom. The summed E-state index contributed by atoms with van der Waals surface area (Å²) in [6, 6.07) is 8.70. The van der Waals surface area contributed by atoms with Gasteiger partial charge in [0.25, 0.3) is 0 Å². The first-order valence-corrected chi connectivity index (χ1v) is 11.8. The Morgan fingerprint density at radius 2 is 1.05 bits per heavy atom. The lowest BCUT2D eigenvalue weighted by Crippen LogP contribution is -2.00. The molecule has 0 aromatic heterocycles. The predicted molar refractivity (Wildman–Crippen MR) is 99.3 cm³/mol. The fraction of sp³-hybridized carbons (Fsp3) is 0.556. The summed E-state index contributed by atoms with van der Waals surface area (Å²) in [5.74, 6) is 0. The highest BCUT2D eigenvalue weighted by atomic mass is 31.1. The van der Waals surface area contributed by atoms with E-state index in [1.165, 1.54) is 24.6 Å². The smallest absolute Gasteiger partial charge is 0.0994 e. The van der Waals surface area contributed by atoms with E-state index in [9.17, 15) is 10.5 Å². The Morgan fingerprint density at radius 1 is 0.727 bits per heavy atom. The van der Waals surface area contributed by atoms with Gasteiger partial charge in [-0.3, -0.25) is 0 Å². The van der Waals surface area contributed by atoms with Crippen molar-refractivity contribution in [3.63, 3.8) is 0 Å². The fourth-order valence-electron chi connectivity index (χ4n) is 2.54. The second-order valence-electron chi connectivity index (χ2n) is 5.31. The predicted octanol–water partition coefficient (Wildman–Crippen LogP) is 5.47. The van der Waals surface area contributed by atoms with Gasteiger partial charge < -0.3 is 0 Å². The highest BCUT2D eigenvalue weighted by Crippen LogP contribution is 2.42. The van der Waals surface area contributed by atoms with Gasteiger partial charge in [-0.15, -0.1) is 15.8 Å². The third-order valence-electron chi connectivity index (χ3n) is 4.15. The van der Waals surface area contributed by atoms with Crippen LogP contribution in [0.1, 0.15) is 49.9 Å². The number of nitriles is 2. The van der Waals surface area contributed by atoms with Crippen LogP contribution >= 0.6 is 15.8 Å². The zero-order chi connectivity index (χ0) is 16.5. The Labute approximate surface area is 138 Å². The summed E-state index contributed by atoms with van der Waals surface area (Å²) in [5.41, 5.74) is 3.72. The maximum Gasteiger partial charge on any atom is 0.0994 e. The van der Waals surface area contributed by atoms with E-state index in [1.54, 1.807) is 0 Å². The molecule has 0 radical (unpaired) electrons. The minimum absolute atomic E-state index is 0.0608. The highest BCUT2D eigenvalue weighted by Gasteiger charge is 2.15. The summed E-state index contributed by atoms with van der Waals surface area (Å²) >= 11 is 0. The van der Waals surface area contributed by atoms with Crippen LogP contribution < -0.4 is 0 Å². The van der Waals surface area contributed by atoms with Crippen LogP contribution in [-0.2, 0) is 12.3 Å². The molecule has 0 bridgehead atoms. The number of hydrogen-bond donors (Lipinski definition) is 0. The number of nitrogens with zero attached hydrogens (tertiary/aromatic N) is 2. The van der Waals surface area contributed by atoms with Gasteiger partial charge in [0.05, 0.1) is 23.3 Å². The molecule has 0 heterocycles. The molecular formula is C18H26N2P2. The van der Waals surface area contributed by atoms with Gasteiger partial charge in [-0.1, -0.05) is 27.7 Å². The fourth-order valence-corrected chi connectivity index (χ4v) is 5.81. The van der Waals surface area contributed by atoms with Crippen molar-refractivity contribution in [2.75, 3.05) is 24.6 Å². The summed E-state index contributed by atoms with van der Waals surface area (Å²) in [7, 11) is -0.122. The molecule has 0 spiro atoms. The number of benzene rings is 1. The molecule has 1 aromatic rings. The third-order valence-corrected chi connectivity index (χ3v) is 9.30.